The van der Waals surface area contributed by atoms with E-state index in [-0.39, 0.29) is 30.1 Å². The molecule has 1 unspecified atom stereocenters. The van der Waals surface area contributed by atoms with E-state index < -0.39 is 0 Å². The molecule has 0 heterocycles. The second kappa shape index (κ2) is 10.6. The average molecular weight is 433 g/mol. The topological polar surface area (TPSA) is 54.9 Å². The predicted molar refractivity (Wildman–Crippen MR) is 105 cm³/mol. The van der Waals surface area contributed by atoms with Gasteiger partial charge in [-0.3, -0.25) is 4.99 Å². The number of nitrogens with one attached hydrogen (secondary N) is 2. The van der Waals surface area contributed by atoms with Crippen molar-refractivity contribution in [1.29, 1.82) is 0 Å². The number of ether oxygens (including phenoxy) is 2. The standard InChI is InChI=1S/C17H27N3O2.HI/c1-13(22-16-7-5-4-6-15(16)21-3)12-20-17(18-2)19-11-10-14-8-9-14;/h4-7,13-14H,8-12H2,1-3H3,(H2,18,19,20);1H. The Morgan fingerprint density at radius 3 is 2.57 bits per heavy atom. The Morgan fingerprint density at radius 2 is 1.96 bits per heavy atom. The molecule has 1 fully saturated rings. The van der Waals surface area contributed by atoms with Crippen molar-refractivity contribution < 1.29 is 9.47 Å². The summed E-state index contributed by atoms with van der Waals surface area (Å²) in [7, 11) is 3.44. The summed E-state index contributed by atoms with van der Waals surface area (Å²) in [6, 6.07) is 7.68. The average Bonchev–Trinajstić information content (AvgIpc) is 3.35. The molecule has 0 spiro atoms. The summed E-state index contributed by atoms with van der Waals surface area (Å²) < 4.78 is 11.2. The highest BCUT2D eigenvalue weighted by molar-refractivity contribution is 14.0. The number of benzene rings is 1. The first-order valence-electron chi connectivity index (χ1n) is 7.97. The van der Waals surface area contributed by atoms with Gasteiger partial charge in [0, 0.05) is 13.6 Å². The number of aliphatic imine (C=N–C) groups is 1. The molecule has 6 heteroatoms. The molecule has 0 radical (unpaired) electrons. The van der Waals surface area contributed by atoms with Gasteiger partial charge in [-0.05, 0) is 31.4 Å². The van der Waals surface area contributed by atoms with Crippen molar-refractivity contribution in [3.05, 3.63) is 24.3 Å². The Labute approximate surface area is 156 Å². The van der Waals surface area contributed by atoms with Crippen LogP contribution in [0, 0.1) is 5.92 Å². The minimum atomic E-state index is 0. The third-order valence-corrected chi connectivity index (χ3v) is 3.72. The Morgan fingerprint density at radius 1 is 1.26 bits per heavy atom. The van der Waals surface area contributed by atoms with Crippen LogP contribution in [-0.2, 0) is 0 Å². The van der Waals surface area contributed by atoms with Crippen molar-refractivity contribution in [2.45, 2.75) is 32.3 Å². The van der Waals surface area contributed by atoms with Gasteiger partial charge in [0.15, 0.2) is 17.5 Å². The molecule has 0 bridgehead atoms. The minimum absolute atomic E-state index is 0. The lowest BCUT2D eigenvalue weighted by Gasteiger charge is -2.19. The van der Waals surface area contributed by atoms with Gasteiger partial charge in [0.05, 0.1) is 13.7 Å². The summed E-state index contributed by atoms with van der Waals surface area (Å²) in [5, 5.41) is 6.64. The molecular weight excluding hydrogens is 405 g/mol. The zero-order chi connectivity index (χ0) is 15.8. The highest BCUT2D eigenvalue weighted by atomic mass is 127. The minimum Gasteiger partial charge on any atom is -0.493 e. The van der Waals surface area contributed by atoms with Gasteiger partial charge in [0.25, 0.3) is 0 Å². The van der Waals surface area contributed by atoms with Crippen LogP contribution in [0.25, 0.3) is 0 Å². The molecule has 1 saturated carbocycles. The Hall–Kier alpha value is -1.18. The van der Waals surface area contributed by atoms with E-state index in [1.165, 1.54) is 19.3 Å². The first kappa shape index (κ1) is 19.9. The van der Waals surface area contributed by atoms with Crippen LogP contribution in [0.15, 0.2) is 29.3 Å². The Kier molecular flexibility index (Phi) is 9.13. The number of halogens is 1. The predicted octanol–water partition coefficient (Wildman–Crippen LogP) is 3.05. The van der Waals surface area contributed by atoms with E-state index >= 15 is 0 Å². The van der Waals surface area contributed by atoms with Gasteiger partial charge in [-0.2, -0.15) is 0 Å². The lowest BCUT2D eigenvalue weighted by Crippen LogP contribution is -2.42. The lowest BCUT2D eigenvalue weighted by atomic mass is 10.3. The highest BCUT2D eigenvalue weighted by Gasteiger charge is 2.20. The van der Waals surface area contributed by atoms with Crippen LogP contribution in [0.5, 0.6) is 11.5 Å². The van der Waals surface area contributed by atoms with Gasteiger partial charge in [-0.25, -0.2) is 0 Å². The van der Waals surface area contributed by atoms with Crippen molar-refractivity contribution in [3.63, 3.8) is 0 Å². The van der Waals surface area contributed by atoms with Crippen LogP contribution in [0.4, 0.5) is 0 Å². The maximum absolute atomic E-state index is 5.91. The van der Waals surface area contributed by atoms with Crippen LogP contribution < -0.4 is 20.1 Å². The van der Waals surface area contributed by atoms with E-state index in [9.17, 15) is 0 Å². The first-order chi connectivity index (χ1) is 10.7. The first-order valence-corrected chi connectivity index (χ1v) is 7.97. The zero-order valence-electron chi connectivity index (χ0n) is 14.2. The molecule has 1 aliphatic carbocycles. The Bertz CT molecular complexity index is 492. The van der Waals surface area contributed by atoms with Crippen molar-refractivity contribution in [2.24, 2.45) is 10.9 Å². The third kappa shape index (κ3) is 7.28. The number of nitrogens with zero attached hydrogens (tertiary/aromatic N) is 1. The summed E-state index contributed by atoms with van der Waals surface area (Å²) in [5.41, 5.74) is 0. The molecule has 130 valence electrons. The fourth-order valence-electron chi connectivity index (χ4n) is 2.24. The van der Waals surface area contributed by atoms with E-state index in [4.69, 9.17) is 9.47 Å². The number of methoxy groups -OCH3 is 1. The molecule has 0 amide bonds. The molecule has 2 rings (SSSR count). The lowest BCUT2D eigenvalue weighted by molar-refractivity contribution is 0.213. The van der Waals surface area contributed by atoms with E-state index in [0.29, 0.717) is 6.54 Å². The van der Waals surface area contributed by atoms with Gasteiger partial charge in [0.1, 0.15) is 6.10 Å². The van der Waals surface area contributed by atoms with Crippen LogP contribution >= 0.6 is 24.0 Å². The molecule has 1 aromatic carbocycles. The smallest absolute Gasteiger partial charge is 0.191 e. The molecule has 1 aliphatic rings. The molecule has 1 aromatic rings. The van der Waals surface area contributed by atoms with Crippen LogP contribution in [0.3, 0.4) is 0 Å². The van der Waals surface area contributed by atoms with Gasteiger partial charge >= 0.3 is 0 Å². The number of hydrogen-bond acceptors (Lipinski definition) is 3. The van der Waals surface area contributed by atoms with Gasteiger partial charge in [-0.1, -0.05) is 25.0 Å². The maximum atomic E-state index is 5.91. The van der Waals surface area contributed by atoms with E-state index in [0.717, 1.165) is 29.9 Å². The monoisotopic (exact) mass is 433 g/mol. The number of rotatable bonds is 8. The molecule has 23 heavy (non-hydrogen) atoms. The largest absolute Gasteiger partial charge is 0.493 e. The Balaban J connectivity index is 0.00000264. The molecule has 0 aliphatic heterocycles. The van der Waals surface area contributed by atoms with Crippen molar-refractivity contribution >= 4 is 29.9 Å². The van der Waals surface area contributed by atoms with E-state index in [2.05, 4.69) is 15.6 Å². The number of para-hydroxylation sites is 2. The van der Waals surface area contributed by atoms with Gasteiger partial charge in [0.2, 0.25) is 0 Å². The summed E-state index contributed by atoms with van der Waals surface area (Å²) in [6.07, 6.45) is 4.02. The van der Waals surface area contributed by atoms with Gasteiger partial charge < -0.3 is 20.1 Å². The number of guanidine groups is 1. The molecule has 5 nitrogen and oxygen atoms in total. The third-order valence-electron chi connectivity index (χ3n) is 3.72. The molecule has 1 atom stereocenters. The summed E-state index contributed by atoms with van der Waals surface area (Å²) >= 11 is 0. The van der Waals surface area contributed by atoms with Crippen LogP contribution in [0.2, 0.25) is 0 Å². The fraction of sp³-hybridized carbons (Fsp3) is 0.588. The normalized spacial score (nSPS) is 15.3. The van der Waals surface area contributed by atoms with Crippen molar-refractivity contribution in [2.75, 3.05) is 27.2 Å². The van der Waals surface area contributed by atoms with Crippen molar-refractivity contribution in [1.82, 2.24) is 10.6 Å². The molecule has 2 N–H and O–H groups in total. The van der Waals surface area contributed by atoms with E-state index in [1.807, 2.05) is 31.2 Å². The number of hydrogen-bond donors (Lipinski definition) is 2. The van der Waals surface area contributed by atoms with Gasteiger partial charge in [-0.15, -0.1) is 24.0 Å². The zero-order valence-corrected chi connectivity index (χ0v) is 16.5. The quantitative estimate of drug-likeness (QED) is 0.376. The maximum Gasteiger partial charge on any atom is 0.191 e. The highest BCUT2D eigenvalue weighted by Crippen LogP contribution is 2.31. The molecule has 0 aromatic heterocycles. The SMILES string of the molecule is CN=C(NCCC1CC1)NCC(C)Oc1ccccc1OC.I. The molecule has 0 saturated heterocycles. The second-order valence-electron chi connectivity index (χ2n) is 5.69. The van der Waals surface area contributed by atoms with Crippen molar-refractivity contribution in [3.8, 4) is 11.5 Å². The summed E-state index contributed by atoms with van der Waals surface area (Å²) in [4.78, 5) is 4.23. The summed E-state index contributed by atoms with van der Waals surface area (Å²) in [6.45, 7) is 3.68. The second-order valence-corrected chi connectivity index (χ2v) is 5.69. The van der Waals surface area contributed by atoms with Crippen LogP contribution in [-0.4, -0.2) is 39.3 Å². The van der Waals surface area contributed by atoms with Crippen LogP contribution in [0.1, 0.15) is 26.2 Å². The van der Waals surface area contributed by atoms with E-state index in [1.54, 1.807) is 14.2 Å². The fourth-order valence-corrected chi connectivity index (χ4v) is 2.24. The molecular formula is C17H28IN3O2. The summed E-state index contributed by atoms with van der Waals surface area (Å²) in [5.74, 6) is 3.27.